The van der Waals surface area contributed by atoms with E-state index in [0.29, 0.717) is 12.1 Å². The molecule has 15 heavy (non-hydrogen) atoms. The number of anilines is 1. The topological polar surface area (TPSA) is 38.0 Å². The second-order valence-electron chi connectivity index (χ2n) is 4.69. The summed E-state index contributed by atoms with van der Waals surface area (Å²) in [5.74, 6) is -0.168. The smallest absolute Gasteiger partial charge is 0.126 e. The Labute approximate surface area is 90.7 Å². The molecule has 1 aromatic carbocycles. The quantitative estimate of drug-likeness (QED) is 0.801. The van der Waals surface area contributed by atoms with Gasteiger partial charge in [-0.05, 0) is 42.6 Å². The van der Waals surface area contributed by atoms with E-state index in [1.165, 1.54) is 6.07 Å². The molecule has 1 aromatic rings. The van der Waals surface area contributed by atoms with Crippen molar-refractivity contribution in [3.8, 4) is 0 Å². The first-order chi connectivity index (χ1) is 6.94. The van der Waals surface area contributed by atoms with E-state index in [2.05, 4.69) is 19.2 Å². The van der Waals surface area contributed by atoms with E-state index < -0.39 is 0 Å². The molecule has 0 amide bonds. The summed E-state index contributed by atoms with van der Waals surface area (Å²) in [6.07, 6.45) is 0. The Morgan fingerprint density at radius 3 is 2.60 bits per heavy atom. The van der Waals surface area contributed by atoms with Crippen molar-refractivity contribution >= 4 is 5.69 Å². The van der Waals surface area contributed by atoms with Gasteiger partial charge in [-0.3, -0.25) is 0 Å². The molecule has 0 bridgehead atoms. The van der Waals surface area contributed by atoms with Crippen LogP contribution in [-0.2, 0) is 0 Å². The van der Waals surface area contributed by atoms with Crippen LogP contribution in [0.1, 0.15) is 19.4 Å². The summed E-state index contributed by atoms with van der Waals surface area (Å²) < 4.78 is 13.0. The number of halogens is 1. The van der Waals surface area contributed by atoms with Crippen LogP contribution in [0.2, 0.25) is 0 Å². The van der Waals surface area contributed by atoms with E-state index in [4.69, 9.17) is 5.73 Å². The third-order valence-electron chi connectivity index (χ3n) is 2.48. The third kappa shape index (κ3) is 3.51. The van der Waals surface area contributed by atoms with Gasteiger partial charge in [-0.1, -0.05) is 13.8 Å². The van der Waals surface area contributed by atoms with E-state index >= 15 is 0 Å². The Hall–Kier alpha value is -1.09. The fourth-order valence-electron chi connectivity index (χ4n) is 1.17. The highest BCUT2D eigenvalue weighted by molar-refractivity contribution is 5.46. The lowest BCUT2D eigenvalue weighted by atomic mass is 9.94. The highest BCUT2D eigenvalue weighted by atomic mass is 19.1. The van der Waals surface area contributed by atoms with Gasteiger partial charge in [-0.15, -0.1) is 0 Å². The summed E-state index contributed by atoms with van der Waals surface area (Å²) in [4.78, 5) is 0. The van der Waals surface area contributed by atoms with Crippen molar-refractivity contribution in [1.29, 1.82) is 0 Å². The molecule has 0 radical (unpaired) electrons. The van der Waals surface area contributed by atoms with Crippen molar-refractivity contribution in [3.63, 3.8) is 0 Å². The van der Waals surface area contributed by atoms with Gasteiger partial charge in [0.15, 0.2) is 0 Å². The van der Waals surface area contributed by atoms with Crippen molar-refractivity contribution < 1.29 is 4.39 Å². The van der Waals surface area contributed by atoms with Gasteiger partial charge < -0.3 is 11.1 Å². The van der Waals surface area contributed by atoms with Crippen LogP contribution in [0.5, 0.6) is 0 Å². The molecule has 0 spiro atoms. The van der Waals surface area contributed by atoms with Crippen LogP contribution < -0.4 is 11.1 Å². The molecule has 84 valence electrons. The van der Waals surface area contributed by atoms with E-state index in [1.807, 2.05) is 6.07 Å². The van der Waals surface area contributed by atoms with Crippen LogP contribution in [0.25, 0.3) is 0 Å². The molecule has 0 saturated heterocycles. The third-order valence-corrected chi connectivity index (χ3v) is 2.48. The fraction of sp³-hybridized carbons (Fsp3) is 0.500. The SMILES string of the molecule is Cc1cc(NCC(C)(C)CN)ccc1F. The molecule has 0 unspecified atom stereocenters. The molecular weight excluding hydrogens is 191 g/mol. The lowest BCUT2D eigenvalue weighted by Crippen LogP contribution is -2.31. The number of hydrogen-bond donors (Lipinski definition) is 2. The second kappa shape index (κ2) is 4.62. The summed E-state index contributed by atoms with van der Waals surface area (Å²) in [5.41, 5.74) is 7.28. The van der Waals surface area contributed by atoms with Crippen LogP contribution in [0, 0.1) is 18.2 Å². The summed E-state index contributed by atoms with van der Waals surface area (Å²) >= 11 is 0. The molecular formula is C12H19FN2. The summed E-state index contributed by atoms with van der Waals surface area (Å²) in [5, 5.41) is 3.26. The highest BCUT2D eigenvalue weighted by Crippen LogP contribution is 2.17. The molecule has 0 aliphatic rings. The number of nitrogens with one attached hydrogen (secondary N) is 1. The van der Waals surface area contributed by atoms with Gasteiger partial charge in [0.1, 0.15) is 5.82 Å². The molecule has 1 rings (SSSR count). The van der Waals surface area contributed by atoms with Crippen molar-refractivity contribution in [1.82, 2.24) is 0 Å². The Morgan fingerprint density at radius 2 is 2.07 bits per heavy atom. The lowest BCUT2D eigenvalue weighted by molar-refractivity contribution is 0.405. The van der Waals surface area contributed by atoms with E-state index in [1.54, 1.807) is 13.0 Å². The zero-order valence-electron chi connectivity index (χ0n) is 9.60. The minimum atomic E-state index is -0.168. The highest BCUT2D eigenvalue weighted by Gasteiger charge is 2.14. The second-order valence-corrected chi connectivity index (χ2v) is 4.69. The van der Waals surface area contributed by atoms with Crippen molar-refractivity contribution in [2.24, 2.45) is 11.1 Å². The number of rotatable bonds is 4. The number of benzene rings is 1. The van der Waals surface area contributed by atoms with Gasteiger partial charge in [0.25, 0.3) is 0 Å². The summed E-state index contributed by atoms with van der Waals surface area (Å²) in [6.45, 7) is 7.36. The van der Waals surface area contributed by atoms with Crippen LogP contribution in [-0.4, -0.2) is 13.1 Å². The normalized spacial score (nSPS) is 11.5. The first-order valence-corrected chi connectivity index (χ1v) is 5.15. The van der Waals surface area contributed by atoms with Gasteiger partial charge in [-0.25, -0.2) is 4.39 Å². The van der Waals surface area contributed by atoms with E-state index in [0.717, 1.165) is 12.2 Å². The average molecular weight is 210 g/mol. The Kier molecular flexibility index (Phi) is 3.69. The van der Waals surface area contributed by atoms with Crippen LogP contribution in [0.4, 0.5) is 10.1 Å². The maximum Gasteiger partial charge on any atom is 0.126 e. The molecule has 0 heterocycles. The molecule has 3 heteroatoms. The molecule has 0 aliphatic carbocycles. The maximum atomic E-state index is 13.0. The zero-order valence-corrected chi connectivity index (χ0v) is 9.60. The predicted octanol–water partition coefficient (Wildman–Crippen LogP) is 2.53. The molecule has 0 aliphatic heterocycles. The Bertz CT molecular complexity index is 334. The molecule has 0 aromatic heterocycles. The summed E-state index contributed by atoms with van der Waals surface area (Å²) in [7, 11) is 0. The van der Waals surface area contributed by atoms with Crippen LogP contribution in [0.3, 0.4) is 0 Å². The molecule has 3 N–H and O–H groups in total. The number of nitrogens with two attached hydrogens (primary N) is 1. The molecule has 2 nitrogen and oxygen atoms in total. The van der Waals surface area contributed by atoms with Gasteiger partial charge in [-0.2, -0.15) is 0 Å². The van der Waals surface area contributed by atoms with Gasteiger partial charge >= 0.3 is 0 Å². The van der Waals surface area contributed by atoms with Crippen molar-refractivity contribution in [2.75, 3.05) is 18.4 Å². The van der Waals surface area contributed by atoms with Crippen LogP contribution in [0.15, 0.2) is 18.2 Å². The van der Waals surface area contributed by atoms with Gasteiger partial charge in [0.2, 0.25) is 0 Å². The van der Waals surface area contributed by atoms with Gasteiger partial charge in [0, 0.05) is 12.2 Å². The number of aryl methyl sites for hydroxylation is 1. The first kappa shape index (κ1) is 12.0. The monoisotopic (exact) mass is 210 g/mol. The molecule has 0 saturated carbocycles. The largest absolute Gasteiger partial charge is 0.384 e. The zero-order chi connectivity index (χ0) is 11.5. The fourth-order valence-corrected chi connectivity index (χ4v) is 1.17. The molecule has 0 fully saturated rings. The Morgan fingerprint density at radius 1 is 1.40 bits per heavy atom. The Balaban J connectivity index is 2.62. The van der Waals surface area contributed by atoms with E-state index in [9.17, 15) is 4.39 Å². The first-order valence-electron chi connectivity index (χ1n) is 5.15. The molecule has 0 atom stereocenters. The van der Waals surface area contributed by atoms with E-state index in [-0.39, 0.29) is 11.2 Å². The average Bonchev–Trinajstić information content (AvgIpc) is 2.20. The van der Waals surface area contributed by atoms with Crippen LogP contribution >= 0.6 is 0 Å². The van der Waals surface area contributed by atoms with Gasteiger partial charge in [0.05, 0.1) is 0 Å². The minimum Gasteiger partial charge on any atom is -0.384 e. The number of hydrogen-bond acceptors (Lipinski definition) is 2. The maximum absolute atomic E-state index is 13.0. The standard InChI is InChI=1S/C12H19FN2/c1-9-6-10(4-5-11(9)13)15-8-12(2,3)7-14/h4-6,15H,7-8,14H2,1-3H3. The van der Waals surface area contributed by atoms with Crippen molar-refractivity contribution in [2.45, 2.75) is 20.8 Å². The minimum absolute atomic E-state index is 0.0578. The summed E-state index contributed by atoms with van der Waals surface area (Å²) in [6, 6.07) is 5.03. The predicted molar refractivity (Wildman–Crippen MR) is 62.5 cm³/mol. The van der Waals surface area contributed by atoms with Crippen molar-refractivity contribution in [3.05, 3.63) is 29.6 Å². The lowest BCUT2D eigenvalue weighted by Gasteiger charge is -2.23.